The van der Waals surface area contributed by atoms with Gasteiger partial charge >= 0.3 is 0 Å². The zero-order valence-electron chi connectivity index (χ0n) is 12.7. The second-order valence-corrected chi connectivity index (χ2v) is 7.45. The lowest BCUT2D eigenvalue weighted by atomic mass is 9.99. The number of halogens is 1. The molecule has 1 atom stereocenters. The number of aromatic nitrogens is 2. The Morgan fingerprint density at radius 3 is 3.09 bits per heavy atom. The molecule has 0 saturated carbocycles. The average Bonchev–Trinajstić information content (AvgIpc) is 3.29. The minimum atomic E-state index is 0.599. The van der Waals surface area contributed by atoms with Crippen LogP contribution in [0, 0.1) is 0 Å². The van der Waals surface area contributed by atoms with Crippen LogP contribution in [-0.2, 0) is 6.54 Å². The van der Waals surface area contributed by atoms with Gasteiger partial charge in [0.05, 0.1) is 12.0 Å². The Bertz CT molecular complexity index is 781. The van der Waals surface area contributed by atoms with E-state index >= 15 is 0 Å². The van der Waals surface area contributed by atoms with Gasteiger partial charge < -0.3 is 4.57 Å². The topological polar surface area (TPSA) is 21.1 Å². The zero-order chi connectivity index (χ0) is 15.6. The van der Waals surface area contributed by atoms with Gasteiger partial charge in [0.25, 0.3) is 0 Å². The molecule has 0 amide bonds. The second-order valence-electron chi connectivity index (χ2n) is 6.02. The largest absolute Gasteiger partial charge is 0.305 e. The first-order valence-corrected chi connectivity index (χ1v) is 9.07. The lowest BCUT2D eigenvalue weighted by Gasteiger charge is -2.15. The Labute approximate surface area is 145 Å². The van der Waals surface area contributed by atoms with E-state index in [9.17, 15) is 0 Å². The van der Waals surface area contributed by atoms with Crippen molar-refractivity contribution in [2.75, 3.05) is 13.1 Å². The molecule has 1 aromatic carbocycles. The fraction of sp³-hybridized carbons (Fsp3) is 0.278. The molecule has 1 unspecified atom stereocenters. The molecule has 1 aliphatic heterocycles. The SMILES string of the molecule is Clc1cccc(C2CCN(Cc3cc(-n4ccnc4)cs3)C2)c1. The third-order valence-electron chi connectivity index (χ3n) is 4.41. The monoisotopic (exact) mass is 343 g/mol. The Morgan fingerprint density at radius 1 is 1.30 bits per heavy atom. The summed E-state index contributed by atoms with van der Waals surface area (Å²) in [7, 11) is 0. The minimum Gasteiger partial charge on any atom is -0.305 e. The highest BCUT2D eigenvalue weighted by molar-refractivity contribution is 7.10. The molecule has 3 heterocycles. The molecule has 1 saturated heterocycles. The lowest BCUT2D eigenvalue weighted by Crippen LogP contribution is -2.19. The predicted octanol–water partition coefficient (Wildman–Crippen LogP) is 4.58. The van der Waals surface area contributed by atoms with Gasteiger partial charge in [-0.25, -0.2) is 4.98 Å². The summed E-state index contributed by atoms with van der Waals surface area (Å²) in [5.74, 6) is 0.599. The van der Waals surface area contributed by atoms with Crippen LogP contribution in [0.3, 0.4) is 0 Å². The van der Waals surface area contributed by atoms with Gasteiger partial charge in [0, 0.05) is 40.8 Å². The fourth-order valence-corrected chi connectivity index (χ4v) is 4.33. The van der Waals surface area contributed by atoms with Gasteiger partial charge in [-0.1, -0.05) is 23.7 Å². The van der Waals surface area contributed by atoms with Crippen LogP contribution in [0.4, 0.5) is 0 Å². The molecule has 0 N–H and O–H groups in total. The summed E-state index contributed by atoms with van der Waals surface area (Å²) >= 11 is 7.94. The Kier molecular flexibility index (Phi) is 4.21. The molecule has 0 bridgehead atoms. The van der Waals surface area contributed by atoms with Crippen molar-refractivity contribution in [1.29, 1.82) is 0 Å². The summed E-state index contributed by atoms with van der Waals surface area (Å²) in [6.07, 6.45) is 6.85. The minimum absolute atomic E-state index is 0.599. The van der Waals surface area contributed by atoms with E-state index in [0.29, 0.717) is 5.92 Å². The lowest BCUT2D eigenvalue weighted by molar-refractivity contribution is 0.330. The van der Waals surface area contributed by atoms with E-state index in [1.807, 2.05) is 36.1 Å². The Hall–Kier alpha value is -1.62. The van der Waals surface area contributed by atoms with Crippen molar-refractivity contribution in [2.24, 2.45) is 0 Å². The van der Waals surface area contributed by atoms with Crippen molar-refractivity contribution >= 4 is 22.9 Å². The maximum atomic E-state index is 6.12. The van der Waals surface area contributed by atoms with Crippen molar-refractivity contribution in [3.63, 3.8) is 0 Å². The van der Waals surface area contributed by atoms with Crippen molar-refractivity contribution in [3.05, 3.63) is 69.9 Å². The number of hydrogen-bond acceptors (Lipinski definition) is 3. The van der Waals surface area contributed by atoms with Gasteiger partial charge in [-0.05, 0) is 42.6 Å². The molecule has 0 aliphatic carbocycles. The van der Waals surface area contributed by atoms with Crippen LogP contribution in [0.15, 0.2) is 54.4 Å². The number of nitrogens with zero attached hydrogens (tertiary/aromatic N) is 3. The number of rotatable bonds is 4. The molecule has 2 aromatic heterocycles. The van der Waals surface area contributed by atoms with Crippen LogP contribution in [0.5, 0.6) is 0 Å². The normalized spacial score (nSPS) is 18.6. The summed E-state index contributed by atoms with van der Waals surface area (Å²) in [4.78, 5) is 8.05. The molecule has 23 heavy (non-hydrogen) atoms. The van der Waals surface area contributed by atoms with Crippen molar-refractivity contribution < 1.29 is 0 Å². The van der Waals surface area contributed by atoms with Gasteiger partial charge in [-0.2, -0.15) is 0 Å². The highest BCUT2D eigenvalue weighted by Crippen LogP contribution is 2.30. The predicted molar refractivity (Wildman–Crippen MR) is 95.5 cm³/mol. The van der Waals surface area contributed by atoms with E-state index < -0.39 is 0 Å². The van der Waals surface area contributed by atoms with E-state index in [4.69, 9.17) is 11.6 Å². The van der Waals surface area contributed by atoms with Gasteiger partial charge in [0.2, 0.25) is 0 Å². The molecule has 0 spiro atoms. The number of benzene rings is 1. The quantitative estimate of drug-likeness (QED) is 0.691. The van der Waals surface area contributed by atoms with Crippen molar-refractivity contribution in [2.45, 2.75) is 18.9 Å². The van der Waals surface area contributed by atoms with Crippen LogP contribution in [0.2, 0.25) is 5.02 Å². The summed E-state index contributed by atoms with van der Waals surface area (Å²) in [6, 6.07) is 10.6. The van der Waals surface area contributed by atoms with Gasteiger partial charge in [0.1, 0.15) is 0 Å². The summed E-state index contributed by atoms with van der Waals surface area (Å²) in [5, 5.41) is 3.03. The number of thiophene rings is 1. The maximum Gasteiger partial charge on any atom is 0.0991 e. The average molecular weight is 344 g/mol. The van der Waals surface area contributed by atoms with Crippen LogP contribution in [0.1, 0.15) is 22.8 Å². The highest BCUT2D eigenvalue weighted by atomic mass is 35.5. The van der Waals surface area contributed by atoms with E-state index in [1.165, 1.54) is 22.5 Å². The second kappa shape index (κ2) is 6.48. The summed E-state index contributed by atoms with van der Waals surface area (Å²) in [6.45, 7) is 3.28. The van der Waals surface area contributed by atoms with Gasteiger partial charge in [-0.15, -0.1) is 11.3 Å². The fourth-order valence-electron chi connectivity index (χ4n) is 3.23. The Morgan fingerprint density at radius 2 is 2.26 bits per heavy atom. The van der Waals surface area contributed by atoms with Gasteiger partial charge in [-0.3, -0.25) is 4.90 Å². The molecule has 1 aliphatic rings. The summed E-state index contributed by atoms with van der Waals surface area (Å²) < 4.78 is 2.05. The standard InChI is InChI=1S/C18H18ClN3S/c19-16-3-1-2-14(8-16)15-4-6-21(10-15)11-18-9-17(12-23-18)22-7-5-20-13-22/h1-3,5,7-9,12-13,15H,4,6,10-11H2. The molecule has 3 aromatic rings. The van der Waals surface area contributed by atoms with Crippen molar-refractivity contribution in [1.82, 2.24) is 14.5 Å². The molecular formula is C18H18ClN3S. The smallest absolute Gasteiger partial charge is 0.0991 e. The molecule has 1 fully saturated rings. The first-order chi connectivity index (χ1) is 11.3. The third kappa shape index (κ3) is 3.34. The van der Waals surface area contributed by atoms with Crippen LogP contribution >= 0.6 is 22.9 Å². The molecule has 3 nitrogen and oxygen atoms in total. The van der Waals surface area contributed by atoms with Crippen molar-refractivity contribution in [3.8, 4) is 5.69 Å². The number of likely N-dealkylation sites (tertiary alicyclic amines) is 1. The first-order valence-electron chi connectivity index (χ1n) is 7.81. The highest BCUT2D eigenvalue weighted by Gasteiger charge is 2.24. The molecular weight excluding hydrogens is 326 g/mol. The van der Waals surface area contributed by atoms with Gasteiger partial charge in [0.15, 0.2) is 0 Å². The Balaban J connectivity index is 1.41. The number of hydrogen-bond donors (Lipinski definition) is 0. The van der Waals surface area contributed by atoms with Crippen LogP contribution in [0.25, 0.3) is 5.69 Å². The summed E-state index contributed by atoms with van der Waals surface area (Å²) in [5.41, 5.74) is 2.57. The number of imidazole rings is 1. The first kappa shape index (κ1) is 14.9. The molecule has 4 rings (SSSR count). The molecule has 0 radical (unpaired) electrons. The third-order valence-corrected chi connectivity index (χ3v) is 5.56. The van der Waals surface area contributed by atoms with Crippen LogP contribution in [-0.4, -0.2) is 27.5 Å². The van der Waals surface area contributed by atoms with E-state index in [1.54, 1.807) is 0 Å². The van der Waals surface area contributed by atoms with E-state index in [2.05, 4.69) is 44.1 Å². The molecule has 5 heteroatoms. The zero-order valence-corrected chi connectivity index (χ0v) is 14.3. The van der Waals surface area contributed by atoms with E-state index in [-0.39, 0.29) is 0 Å². The van der Waals surface area contributed by atoms with Crippen LogP contribution < -0.4 is 0 Å². The molecule has 118 valence electrons. The van der Waals surface area contributed by atoms with E-state index in [0.717, 1.165) is 24.7 Å². The maximum absolute atomic E-state index is 6.12.